The average molecular weight is 195 g/mol. The van der Waals surface area contributed by atoms with Gasteiger partial charge < -0.3 is 15.2 Å². The number of alkyl halides is 2. The van der Waals surface area contributed by atoms with E-state index < -0.39 is 18.1 Å². The Morgan fingerprint density at radius 2 is 2.31 bits per heavy atom. The maximum Gasteiger partial charge on any atom is 0.253 e. The van der Waals surface area contributed by atoms with Crippen LogP contribution in [0.4, 0.5) is 8.78 Å². The lowest BCUT2D eigenvalue weighted by atomic mass is 10.0. The molecule has 0 aromatic rings. The summed E-state index contributed by atoms with van der Waals surface area (Å²) in [6.07, 6.45) is -1.89. The Balaban J connectivity index is 2.24. The smallest absolute Gasteiger partial charge is 0.253 e. The number of aliphatic hydroxyl groups is 1. The van der Waals surface area contributed by atoms with Crippen LogP contribution >= 0.6 is 0 Å². The molecule has 0 amide bonds. The molecule has 1 rings (SSSR count). The zero-order valence-electron chi connectivity index (χ0n) is 7.59. The van der Waals surface area contributed by atoms with Gasteiger partial charge in [-0.05, 0) is 6.92 Å². The van der Waals surface area contributed by atoms with Crippen molar-refractivity contribution in [1.29, 1.82) is 0 Å². The van der Waals surface area contributed by atoms with Crippen molar-refractivity contribution < 1.29 is 18.6 Å². The van der Waals surface area contributed by atoms with Crippen molar-refractivity contribution in [2.75, 3.05) is 19.8 Å². The average Bonchev–Trinajstić information content (AvgIpc) is 2.48. The Morgan fingerprint density at radius 3 is 2.77 bits per heavy atom. The fourth-order valence-electron chi connectivity index (χ4n) is 1.18. The van der Waals surface area contributed by atoms with E-state index >= 15 is 0 Å². The van der Waals surface area contributed by atoms with E-state index in [1.165, 1.54) is 6.92 Å². The molecule has 2 atom stereocenters. The quantitative estimate of drug-likeness (QED) is 0.681. The van der Waals surface area contributed by atoms with Crippen LogP contribution in [0.3, 0.4) is 0 Å². The summed E-state index contributed by atoms with van der Waals surface area (Å²) in [5, 5.41) is 12.3. The monoisotopic (exact) mass is 195 g/mol. The molecule has 1 heterocycles. The predicted molar refractivity (Wildman–Crippen MR) is 43.9 cm³/mol. The van der Waals surface area contributed by atoms with Gasteiger partial charge in [-0.15, -0.1) is 0 Å². The van der Waals surface area contributed by atoms with Gasteiger partial charge in [0, 0.05) is 19.6 Å². The second kappa shape index (κ2) is 4.30. The molecule has 1 aliphatic rings. The number of nitrogens with one attached hydrogen (secondary N) is 1. The zero-order chi connectivity index (χ0) is 9.90. The van der Waals surface area contributed by atoms with Crippen molar-refractivity contribution in [3.05, 3.63) is 0 Å². The second-order valence-electron chi connectivity index (χ2n) is 3.53. The first-order chi connectivity index (χ1) is 6.03. The summed E-state index contributed by atoms with van der Waals surface area (Å²) >= 11 is 0. The van der Waals surface area contributed by atoms with Gasteiger partial charge in [-0.3, -0.25) is 0 Å². The largest absolute Gasteiger partial charge is 0.386 e. The van der Waals surface area contributed by atoms with E-state index in [0.29, 0.717) is 13.0 Å². The van der Waals surface area contributed by atoms with Crippen LogP contribution in [0.5, 0.6) is 0 Å². The summed E-state index contributed by atoms with van der Waals surface area (Å²) in [7, 11) is 0. The summed E-state index contributed by atoms with van der Waals surface area (Å²) in [6, 6.07) is -0.885. The maximum absolute atomic E-state index is 12.1. The molecule has 0 aromatic carbocycles. The minimum absolute atomic E-state index is 0.165. The summed E-state index contributed by atoms with van der Waals surface area (Å²) < 4.78 is 29.1. The molecule has 0 saturated carbocycles. The van der Waals surface area contributed by atoms with Crippen molar-refractivity contribution in [3.8, 4) is 0 Å². The van der Waals surface area contributed by atoms with Crippen molar-refractivity contribution in [3.63, 3.8) is 0 Å². The number of ether oxygens (including phenoxy) is 1. The lowest BCUT2D eigenvalue weighted by Gasteiger charge is -2.23. The van der Waals surface area contributed by atoms with Gasteiger partial charge in [0.2, 0.25) is 0 Å². The standard InChI is InChI=1S/C8H15F2NO2/c1-6(7(9)10)11-4-8(12)2-3-13-5-8/h6-7,11-12H,2-5H2,1H3. The fraction of sp³-hybridized carbons (Fsp3) is 1.00. The minimum atomic E-state index is -2.40. The Hall–Kier alpha value is -0.260. The summed E-state index contributed by atoms with van der Waals surface area (Å²) in [5.74, 6) is 0. The van der Waals surface area contributed by atoms with Gasteiger partial charge in [0.05, 0.1) is 12.6 Å². The van der Waals surface area contributed by atoms with E-state index in [0.717, 1.165) is 0 Å². The Bertz CT molecular complexity index is 160. The van der Waals surface area contributed by atoms with Crippen LogP contribution in [0.1, 0.15) is 13.3 Å². The highest BCUT2D eigenvalue weighted by atomic mass is 19.3. The van der Waals surface area contributed by atoms with Crippen LogP contribution in [0.25, 0.3) is 0 Å². The van der Waals surface area contributed by atoms with Crippen molar-refractivity contribution >= 4 is 0 Å². The van der Waals surface area contributed by atoms with E-state index in [2.05, 4.69) is 5.32 Å². The SMILES string of the molecule is CC(NCC1(O)CCOC1)C(F)F. The van der Waals surface area contributed by atoms with E-state index in [1.54, 1.807) is 0 Å². The molecule has 5 heteroatoms. The molecule has 0 bridgehead atoms. The number of rotatable bonds is 4. The highest BCUT2D eigenvalue weighted by Gasteiger charge is 2.32. The molecule has 0 spiro atoms. The highest BCUT2D eigenvalue weighted by molar-refractivity contribution is 4.85. The number of halogens is 2. The Kier molecular flexibility index (Phi) is 3.58. The van der Waals surface area contributed by atoms with Gasteiger partial charge in [0.25, 0.3) is 6.43 Å². The van der Waals surface area contributed by atoms with E-state index in [4.69, 9.17) is 4.74 Å². The Labute approximate surface area is 76.1 Å². The van der Waals surface area contributed by atoms with Crippen LogP contribution in [0.2, 0.25) is 0 Å². The van der Waals surface area contributed by atoms with Gasteiger partial charge >= 0.3 is 0 Å². The van der Waals surface area contributed by atoms with Crippen LogP contribution in [-0.2, 0) is 4.74 Å². The predicted octanol–water partition coefficient (Wildman–Crippen LogP) is 0.381. The van der Waals surface area contributed by atoms with Crippen molar-refractivity contribution in [2.45, 2.75) is 31.4 Å². The fourth-order valence-corrected chi connectivity index (χ4v) is 1.18. The van der Waals surface area contributed by atoms with Crippen LogP contribution in [-0.4, -0.2) is 42.9 Å². The molecule has 0 aromatic heterocycles. The van der Waals surface area contributed by atoms with Crippen LogP contribution in [0, 0.1) is 0 Å². The molecule has 3 nitrogen and oxygen atoms in total. The molecule has 1 aliphatic heterocycles. The first-order valence-corrected chi connectivity index (χ1v) is 4.35. The van der Waals surface area contributed by atoms with Crippen LogP contribution < -0.4 is 5.32 Å². The highest BCUT2D eigenvalue weighted by Crippen LogP contribution is 2.17. The molecule has 1 saturated heterocycles. The Morgan fingerprint density at radius 1 is 1.62 bits per heavy atom. The first-order valence-electron chi connectivity index (χ1n) is 4.35. The minimum Gasteiger partial charge on any atom is -0.386 e. The van der Waals surface area contributed by atoms with E-state index in [9.17, 15) is 13.9 Å². The van der Waals surface area contributed by atoms with Gasteiger partial charge in [0.1, 0.15) is 5.60 Å². The third kappa shape index (κ3) is 3.17. The summed E-state index contributed by atoms with van der Waals surface area (Å²) in [6.45, 7) is 2.29. The third-order valence-electron chi connectivity index (χ3n) is 2.21. The second-order valence-corrected chi connectivity index (χ2v) is 3.53. The lowest BCUT2D eigenvalue weighted by molar-refractivity contribution is 0.0167. The summed E-state index contributed by atoms with van der Waals surface area (Å²) in [4.78, 5) is 0. The van der Waals surface area contributed by atoms with E-state index in [-0.39, 0.29) is 13.2 Å². The molecular weight excluding hydrogens is 180 g/mol. The van der Waals surface area contributed by atoms with Crippen LogP contribution in [0.15, 0.2) is 0 Å². The molecule has 78 valence electrons. The molecule has 2 N–H and O–H groups in total. The number of hydrogen-bond donors (Lipinski definition) is 2. The zero-order valence-corrected chi connectivity index (χ0v) is 7.59. The molecule has 0 aliphatic carbocycles. The van der Waals surface area contributed by atoms with Gasteiger partial charge in [-0.1, -0.05) is 0 Å². The van der Waals surface area contributed by atoms with Crippen molar-refractivity contribution in [1.82, 2.24) is 5.32 Å². The van der Waals surface area contributed by atoms with Gasteiger partial charge in [0.15, 0.2) is 0 Å². The topological polar surface area (TPSA) is 41.5 Å². The maximum atomic E-state index is 12.1. The van der Waals surface area contributed by atoms with Gasteiger partial charge in [-0.2, -0.15) is 0 Å². The first kappa shape index (κ1) is 10.8. The van der Waals surface area contributed by atoms with Crippen molar-refractivity contribution in [2.24, 2.45) is 0 Å². The molecular formula is C8H15F2NO2. The normalized spacial score (nSPS) is 31.2. The lowest BCUT2D eigenvalue weighted by Crippen LogP contribution is -2.46. The molecule has 2 unspecified atom stereocenters. The molecule has 1 fully saturated rings. The van der Waals surface area contributed by atoms with E-state index in [1.807, 2.05) is 0 Å². The number of hydrogen-bond acceptors (Lipinski definition) is 3. The molecule has 0 radical (unpaired) electrons. The van der Waals surface area contributed by atoms with Gasteiger partial charge in [-0.25, -0.2) is 8.78 Å². The summed E-state index contributed by atoms with van der Waals surface area (Å²) in [5.41, 5.74) is -0.955. The molecule has 13 heavy (non-hydrogen) atoms. The third-order valence-corrected chi connectivity index (χ3v) is 2.21.